The number of carbonyl (C=O) groups is 2. The van der Waals surface area contributed by atoms with Gasteiger partial charge in [-0.3, -0.25) is 18.6 Å². The molecule has 0 aromatic rings. The van der Waals surface area contributed by atoms with Crippen LogP contribution in [-0.4, -0.2) is 49.3 Å². The Labute approximate surface area is 424 Å². The highest BCUT2D eigenvalue weighted by atomic mass is 31.2. The van der Waals surface area contributed by atoms with E-state index in [9.17, 15) is 19.0 Å². The number of hydrogen-bond donors (Lipinski definition) is 2. The van der Waals surface area contributed by atoms with Crippen LogP contribution in [0.15, 0.2) is 85.1 Å². The van der Waals surface area contributed by atoms with E-state index in [0.717, 1.165) is 83.5 Å². The van der Waals surface area contributed by atoms with Crippen molar-refractivity contribution in [3.63, 3.8) is 0 Å². The third kappa shape index (κ3) is 54.4. The number of nitrogens with two attached hydrogens (primary N) is 1. The Morgan fingerprint density at radius 3 is 1.19 bits per heavy atom. The molecule has 0 radical (unpaired) electrons. The third-order valence-electron chi connectivity index (χ3n) is 11.8. The van der Waals surface area contributed by atoms with Crippen molar-refractivity contribution in [3.8, 4) is 0 Å². The molecule has 0 bridgehead atoms. The quantitative estimate of drug-likeness (QED) is 0.0264. The smallest absolute Gasteiger partial charge is 0.462 e. The van der Waals surface area contributed by atoms with Crippen molar-refractivity contribution in [2.24, 2.45) is 5.73 Å². The summed E-state index contributed by atoms with van der Waals surface area (Å²) in [5, 5.41) is 0. The number of ether oxygens (including phenoxy) is 2. The normalized spacial score (nSPS) is 13.7. The molecule has 0 aromatic carbocycles. The van der Waals surface area contributed by atoms with Gasteiger partial charge in [0.1, 0.15) is 6.61 Å². The Morgan fingerprint density at radius 1 is 0.449 bits per heavy atom. The minimum atomic E-state index is -4.38. The zero-order valence-electron chi connectivity index (χ0n) is 44.3. The molecule has 0 aliphatic rings. The van der Waals surface area contributed by atoms with Crippen molar-refractivity contribution in [1.29, 1.82) is 0 Å². The fourth-order valence-corrected chi connectivity index (χ4v) is 8.44. The number of phosphoric ester groups is 1. The summed E-state index contributed by atoms with van der Waals surface area (Å²) >= 11 is 0. The predicted octanol–water partition coefficient (Wildman–Crippen LogP) is 17.5. The summed E-state index contributed by atoms with van der Waals surface area (Å²) in [4.78, 5) is 35.1. The van der Waals surface area contributed by atoms with Crippen molar-refractivity contribution in [1.82, 2.24) is 0 Å². The molecule has 2 atom stereocenters. The molecule has 10 heteroatoms. The second kappa shape index (κ2) is 54.5. The fraction of sp³-hybridized carbons (Fsp3) is 0.729. The molecule has 0 spiro atoms. The number of phosphoric acid groups is 1. The third-order valence-corrected chi connectivity index (χ3v) is 12.8. The molecule has 0 aliphatic carbocycles. The molecule has 0 amide bonds. The first-order chi connectivity index (χ1) is 33.8. The molecular formula is C59H104NO8P. The van der Waals surface area contributed by atoms with E-state index in [1.54, 1.807) is 0 Å². The van der Waals surface area contributed by atoms with Crippen molar-refractivity contribution >= 4 is 19.8 Å². The van der Waals surface area contributed by atoms with Gasteiger partial charge in [-0.25, -0.2) is 4.57 Å². The topological polar surface area (TPSA) is 134 Å². The molecule has 2 unspecified atom stereocenters. The summed E-state index contributed by atoms with van der Waals surface area (Å²) in [5.74, 6) is -0.825. The van der Waals surface area contributed by atoms with Gasteiger partial charge < -0.3 is 20.1 Å². The minimum absolute atomic E-state index is 0.0520. The van der Waals surface area contributed by atoms with Crippen LogP contribution in [0.2, 0.25) is 0 Å². The number of rotatable bonds is 52. The molecule has 0 rings (SSSR count). The Kier molecular flexibility index (Phi) is 52.3. The summed E-state index contributed by atoms with van der Waals surface area (Å²) in [6.07, 6.45) is 70.7. The molecule has 0 aliphatic heterocycles. The van der Waals surface area contributed by atoms with Crippen molar-refractivity contribution in [2.45, 2.75) is 251 Å². The van der Waals surface area contributed by atoms with Gasteiger partial charge in [0, 0.05) is 19.4 Å². The Balaban J connectivity index is 3.92. The monoisotopic (exact) mass is 986 g/mol. The summed E-state index contributed by atoms with van der Waals surface area (Å²) in [7, 11) is -4.38. The van der Waals surface area contributed by atoms with E-state index in [1.807, 2.05) is 0 Å². The van der Waals surface area contributed by atoms with Crippen LogP contribution in [0.1, 0.15) is 245 Å². The van der Waals surface area contributed by atoms with E-state index in [2.05, 4.69) is 98.9 Å². The number of unbranched alkanes of at least 4 members (excludes halogenated alkanes) is 25. The van der Waals surface area contributed by atoms with Gasteiger partial charge in [-0.2, -0.15) is 0 Å². The second-order valence-corrected chi connectivity index (χ2v) is 19.9. The highest BCUT2D eigenvalue weighted by Gasteiger charge is 2.26. The zero-order chi connectivity index (χ0) is 50.2. The lowest BCUT2D eigenvalue weighted by molar-refractivity contribution is -0.161. The molecule has 0 heterocycles. The van der Waals surface area contributed by atoms with E-state index < -0.39 is 26.5 Å². The lowest BCUT2D eigenvalue weighted by Gasteiger charge is -2.19. The van der Waals surface area contributed by atoms with Gasteiger partial charge >= 0.3 is 19.8 Å². The maximum atomic E-state index is 12.7. The van der Waals surface area contributed by atoms with Gasteiger partial charge in [0.2, 0.25) is 0 Å². The van der Waals surface area contributed by atoms with E-state index in [1.165, 1.54) is 128 Å². The molecular weight excluding hydrogens is 882 g/mol. The highest BCUT2D eigenvalue weighted by molar-refractivity contribution is 7.47. The van der Waals surface area contributed by atoms with E-state index in [0.29, 0.717) is 6.42 Å². The zero-order valence-corrected chi connectivity index (χ0v) is 45.2. The molecule has 69 heavy (non-hydrogen) atoms. The average Bonchev–Trinajstić information content (AvgIpc) is 3.34. The van der Waals surface area contributed by atoms with Crippen LogP contribution in [0.5, 0.6) is 0 Å². The molecule has 0 fully saturated rings. The Hall–Kier alpha value is -2.81. The molecule has 0 aromatic heterocycles. The van der Waals surface area contributed by atoms with Gasteiger partial charge in [-0.1, -0.05) is 247 Å². The van der Waals surface area contributed by atoms with Gasteiger partial charge in [-0.15, -0.1) is 0 Å². The van der Waals surface area contributed by atoms with Gasteiger partial charge in [0.05, 0.1) is 13.2 Å². The first-order valence-electron chi connectivity index (χ1n) is 28.1. The van der Waals surface area contributed by atoms with Crippen LogP contribution in [0, 0.1) is 0 Å². The second-order valence-electron chi connectivity index (χ2n) is 18.4. The van der Waals surface area contributed by atoms with E-state index >= 15 is 0 Å². The van der Waals surface area contributed by atoms with Crippen LogP contribution in [0.25, 0.3) is 0 Å². The largest absolute Gasteiger partial charge is 0.472 e. The van der Waals surface area contributed by atoms with Crippen LogP contribution < -0.4 is 5.73 Å². The summed E-state index contributed by atoms with van der Waals surface area (Å²) in [6, 6.07) is 0. The van der Waals surface area contributed by atoms with Gasteiger partial charge in [-0.05, 0) is 70.6 Å². The predicted molar refractivity (Wildman–Crippen MR) is 293 cm³/mol. The number of carbonyl (C=O) groups excluding carboxylic acids is 2. The van der Waals surface area contributed by atoms with E-state index in [4.69, 9.17) is 24.3 Å². The molecule has 0 saturated heterocycles. The lowest BCUT2D eigenvalue weighted by atomic mass is 10.0. The molecule has 0 saturated carbocycles. The van der Waals surface area contributed by atoms with E-state index in [-0.39, 0.29) is 38.6 Å². The number of allylic oxidation sites excluding steroid dienone is 14. The molecule has 9 nitrogen and oxygen atoms in total. The average molecular weight is 986 g/mol. The maximum Gasteiger partial charge on any atom is 0.472 e. The highest BCUT2D eigenvalue weighted by Crippen LogP contribution is 2.43. The fourth-order valence-electron chi connectivity index (χ4n) is 7.68. The van der Waals surface area contributed by atoms with Gasteiger partial charge in [0.15, 0.2) is 6.10 Å². The number of esters is 2. The SMILES string of the molecule is CC/C=C\C/C=C\C/C=C\C/C=C\C/C=C\C/C=C\C/C=C\CCCCCCCCCCCCCCCC(=O)OC(COC(=O)CCCCCCCCCCCCCCC)COP(=O)(O)OCCN. The molecule has 3 N–H and O–H groups in total. The first kappa shape index (κ1) is 66.2. The Bertz CT molecular complexity index is 1400. The van der Waals surface area contributed by atoms with Crippen molar-refractivity contribution in [2.75, 3.05) is 26.4 Å². The van der Waals surface area contributed by atoms with Crippen LogP contribution in [0.3, 0.4) is 0 Å². The minimum Gasteiger partial charge on any atom is -0.462 e. The van der Waals surface area contributed by atoms with Crippen molar-refractivity contribution in [3.05, 3.63) is 85.1 Å². The van der Waals surface area contributed by atoms with Gasteiger partial charge in [0.25, 0.3) is 0 Å². The summed E-state index contributed by atoms with van der Waals surface area (Å²) < 4.78 is 32.9. The van der Waals surface area contributed by atoms with Crippen LogP contribution in [-0.2, 0) is 32.7 Å². The standard InChI is InChI=1S/C59H104NO8P/c1-3-5-7-9-11-13-15-17-18-19-20-21-22-23-24-25-26-27-28-29-30-31-32-33-34-35-36-37-38-40-42-44-46-48-50-52-59(62)68-57(56-67-69(63,64)66-54-53-60)55-65-58(61)51-49-47-45-43-41-39-16-14-12-10-8-6-4-2/h5,7,11,13,17-18,20-21,23-24,26-27,29-30,57H,3-4,6,8-10,12,14-16,19,22,25,28,31-56,60H2,1-2H3,(H,63,64)/b7-5-,13-11-,18-17-,21-20-,24-23-,27-26-,30-29-. The number of hydrogen-bond acceptors (Lipinski definition) is 8. The summed E-state index contributed by atoms with van der Waals surface area (Å²) in [5.41, 5.74) is 5.37. The molecule has 398 valence electrons. The van der Waals surface area contributed by atoms with Crippen molar-refractivity contribution < 1.29 is 37.6 Å². The summed E-state index contributed by atoms with van der Waals surface area (Å²) in [6.45, 7) is 3.63. The maximum absolute atomic E-state index is 12.7. The lowest BCUT2D eigenvalue weighted by Crippen LogP contribution is -2.29. The Morgan fingerprint density at radius 2 is 0.797 bits per heavy atom. The van der Waals surface area contributed by atoms with Crippen LogP contribution >= 0.6 is 7.82 Å². The van der Waals surface area contributed by atoms with Crippen LogP contribution in [0.4, 0.5) is 0 Å². The first-order valence-corrected chi connectivity index (χ1v) is 29.6.